The van der Waals surface area contributed by atoms with E-state index in [4.69, 9.17) is 9.47 Å². The first-order chi connectivity index (χ1) is 12.6. The molecule has 0 bridgehead atoms. The lowest BCUT2D eigenvalue weighted by Crippen LogP contribution is -2.28. The first-order valence-corrected chi connectivity index (χ1v) is 9.77. The number of benzene rings is 2. The van der Waals surface area contributed by atoms with Crippen LogP contribution in [0.5, 0.6) is 11.5 Å². The Kier molecular flexibility index (Phi) is 5.70. The zero-order chi connectivity index (χ0) is 18.4. The lowest BCUT2D eigenvalue weighted by atomic mass is 10.2. The molecule has 0 atom stereocenters. The number of rotatable bonds is 8. The Bertz CT molecular complexity index is 972. The minimum Gasteiger partial charge on any atom is -0.494 e. The summed E-state index contributed by atoms with van der Waals surface area (Å²) in [6.45, 7) is 2.80. The van der Waals surface area contributed by atoms with Crippen LogP contribution in [0, 0.1) is 0 Å². The van der Waals surface area contributed by atoms with E-state index in [-0.39, 0.29) is 18.0 Å². The van der Waals surface area contributed by atoms with E-state index in [2.05, 4.69) is 9.71 Å². The number of fused-ring (bicyclic) bond motifs is 1. The van der Waals surface area contributed by atoms with Gasteiger partial charge in [-0.15, -0.1) is 0 Å². The van der Waals surface area contributed by atoms with Gasteiger partial charge in [0.05, 0.1) is 17.0 Å². The monoisotopic (exact) mass is 372 g/mol. The third-order valence-electron chi connectivity index (χ3n) is 3.68. The summed E-state index contributed by atoms with van der Waals surface area (Å²) in [7, 11) is -3.58. The zero-order valence-electron chi connectivity index (χ0n) is 14.4. The van der Waals surface area contributed by atoms with Gasteiger partial charge < -0.3 is 9.47 Å². The zero-order valence-corrected chi connectivity index (χ0v) is 15.2. The van der Waals surface area contributed by atoms with Crippen LogP contribution in [0.3, 0.4) is 0 Å². The minimum absolute atomic E-state index is 0.167. The van der Waals surface area contributed by atoms with Crippen molar-refractivity contribution in [1.82, 2.24) is 9.71 Å². The second-order valence-corrected chi connectivity index (χ2v) is 7.28. The summed E-state index contributed by atoms with van der Waals surface area (Å²) in [6.07, 6.45) is 1.73. The van der Waals surface area contributed by atoms with Crippen molar-refractivity contribution in [1.29, 1.82) is 0 Å². The standard InChI is InChI=1S/C19H20N2O4S/c1-2-24-16-5-8-18(9-6-16)26(22,23)21-12-13-25-17-7-10-19-15(14-17)4-3-11-20-19/h3-11,14,21H,2,12-13H2,1H3. The van der Waals surface area contributed by atoms with Crippen LogP contribution in [0.15, 0.2) is 65.7 Å². The van der Waals surface area contributed by atoms with Crippen molar-refractivity contribution in [2.45, 2.75) is 11.8 Å². The Morgan fingerprint density at radius 1 is 1.00 bits per heavy atom. The van der Waals surface area contributed by atoms with Crippen LogP contribution >= 0.6 is 0 Å². The van der Waals surface area contributed by atoms with Gasteiger partial charge in [-0.3, -0.25) is 4.98 Å². The highest BCUT2D eigenvalue weighted by atomic mass is 32.2. The summed E-state index contributed by atoms with van der Waals surface area (Å²) in [5, 5.41) is 0.972. The molecule has 6 nitrogen and oxygen atoms in total. The topological polar surface area (TPSA) is 77.5 Å². The third-order valence-corrected chi connectivity index (χ3v) is 5.16. The first-order valence-electron chi connectivity index (χ1n) is 8.28. The summed E-state index contributed by atoms with van der Waals surface area (Å²) >= 11 is 0. The molecule has 0 fully saturated rings. The van der Waals surface area contributed by atoms with E-state index in [1.165, 1.54) is 12.1 Å². The SMILES string of the molecule is CCOc1ccc(S(=O)(=O)NCCOc2ccc3ncccc3c2)cc1. The summed E-state index contributed by atoms with van der Waals surface area (Å²) in [5.41, 5.74) is 0.885. The maximum absolute atomic E-state index is 12.3. The molecule has 3 aromatic rings. The van der Waals surface area contributed by atoms with Crippen LogP contribution in [-0.4, -0.2) is 33.2 Å². The van der Waals surface area contributed by atoms with Gasteiger partial charge >= 0.3 is 0 Å². The average molecular weight is 372 g/mol. The van der Waals surface area contributed by atoms with Crippen molar-refractivity contribution in [2.75, 3.05) is 19.8 Å². The van der Waals surface area contributed by atoms with Crippen LogP contribution in [-0.2, 0) is 10.0 Å². The van der Waals surface area contributed by atoms with Gasteiger partial charge in [-0.05, 0) is 55.5 Å². The van der Waals surface area contributed by atoms with Crippen LogP contribution in [0.1, 0.15) is 6.92 Å². The highest BCUT2D eigenvalue weighted by Crippen LogP contribution is 2.19. The Balaban J connectivity index is 1.54. The molecule has 1 N–H and O–H groups in total. The fourth-order valence-electron chi connectivity index (χ4n) is 2.45. The Morgan fingerprint density at radius 2 is 1.77 bits per heavy atom. The van der Waals surface area contributed by atoms with Crippen molar-refractivity contribution in [3.8, 4) is 11.5 Å². The van der Waals surface area contributed by atoms with Crippen molar-refractivity contribution in [3.05, 3.63) is 60.8 Å². The van der Waals surface area contributed by atoms with E-state index >= 15 is 0 Å². The van der Waals surface area contributed by atoms with Crippen molar-refractivity contribution < 1.29 is 17.9 Å². The highest BCUT2D eigenvalue weighted by Gasteiger charge is 2.13. The molecule has 3 rings (SSSR count). The van der Waals surface area contributed by atoms with Crippen LogP contribution in [0.4, 0.5) is 0 Å². The fraction of sp³-hybridized carbons (Fsp3) is 0.211. The summed E-state index contributed by atoms with van der Waals surface area (Å²) in [4.78, 5) is 4.44. The lowest BCUT2D eigenvalue weighted by Gasteiger charge is -2.10. The number of ether oxygens (including phenoxy) is 2. The molecule has 0 aliphatic heterocycles. The molecule has 0 saturated carbocycles. The summed E-state index contributed by atoms with van der Waals surface area (Å²) < 4.78 is 38.0. The van der Waals surface area contributed by atoms with Crippen molar-refractivity contribution >= 4 is 20.9 Å². The number of hydrogen-bond donors (Lipinski definition) is 1. The number of nitrogens with zero attached hydrogens (tertiary/aromatic N) is 1. The van der Waals surface area contributed by atoms with Gasteiger partial charge in [0.1, 0.15) is 18.1 Å². The lowest BCUT2D eigenvalue weighted by molar-refractivity contribution is 0.323. The molecule has 0 spiro atoms. The van der Waals surface area contributed by atoms with E-state index in [1.54, 1.807) is 18.3 Å². The molecule has 2 aromatic carbocycles. The summed E-state index contributed by atoms with van der Waals surface area (Å²) in [6, 6.07) is 15.7. The highest BCUT2D eigenvalue weighted by molar-refractivity contribution is 7.89. The van der Waals surface area contributed by atoms with Gasteiger partial charge in [-0.2, -0.15) is 0 Å². The average Bonchev–Trinajstić information content (AvgIpc) is 2.66. The molecule has 0 saturated heterocycles. The predicted octanol–water partition coefficient (Wildman–Crippen LogP) is 2.99. The molecule has 26 heavy (non-hydrogen) atoms. The second kappa shape index (κ2) is 8.16. The molecule has 1 aromatic heterocycles. The normalized spacial score (nSPS) is 11.4. The van der Waals surface area contributed by atoms with E-state index in [0.29, 0.717) is 18.1 Å². The van der Waals surface area contributed by atoms with E-state index in [0.717, 1.165) is 10.9 Å². The molecule has 0 radical (unpaired) electrons. The minimum atomic E-state index is -3.58. The largest absolute Gasteiger partial charge is 0.494 e. The molecular weight excluding hydrogens is 352 g/mol. The molecule has 0 aliphatic carbocycles. The summed E-state index contributed by atoms with van der Waals surface area (Å²) in [5.74, 6) is 1.31. The van der Waals surface area contributed by atoms with Gasteiger partial charge in [0, 0.05) is 18.1 Å². The molecule has 0 amide bonds. The first kappa shape index (κ1) is 18.2. The van der Waals surface area contributed by atoms with E-state index < -0.39 is 10.0 Å². The van der Waals surface area contributed by atoms with E-state index in [9.17, 15) is 8.42 Å². The van der Waals surface area contributed by atoms with Gasteiger partial charge in [0.25, 0.3) is 0 Å². The number of sulfonamides is 1. The van der Waals surface area contributed by atoms with E-state index in [1.807, 2.05) is 37.3 Å². The van der Waals surface area contributed by atoms with Gasteiger partial charge in [-0.25, -0.2) is 13.1 Å². The smallest absolute Gasteiger partial charge is 0.240 e. The maximum atomic E-state index is 12.3. The molecule has 0 unspecified atom stereocenters. The van der Waals surface area contributed by atoms with Crippen molar-refractivity contribution in [2.24, 2.45) is 0 Å². The Morgan fingerprint density at radius 3 is 2.54 bits per heavy atom. The molecule has 1 heterocycles. The quantitative estimate of drug-likeness (QED) is 0.615. The second-order valence-electron chi connectivity index (χ2n) is 5.51. The van der Waals surface area contributed by atoms with Gasteiger partial charge in [0.2, 0.25) is 10.0 Å². The molecule has 0 aliphatic rings. The predicted molar refractivity (Wildman–Crippen MR) is 100 cm³/mol. The third kappa shape index (κ3) is 4.50. The molecule has 136 valence electrons. The number of nitrogens with one attached hydrogen (secondary N) is 1. The van der Waals surface area contributed by atoms with Crippen LogP contribution < -0.4 is 14.2 Å². The Hall–Kier alpha value is -2.64. The molecule has 7 heteroatoms. The van der Waals surface area contributed by atoms with Gasteiger partial charge in [0.15, 0.2) is 0 Å². The number of hydrogen-bond acceptors (Lipinski definition) is 5. The van der Waals surface area contributed by atoms with Crippen molar-refractivity contribution in [3.63, 3.8) is 0 Å². The Labute approximate surface area is 152 Å². The van der Waals surface area contributed by atoms with Crippen LogP contribution in [0.25, 0.3) is 10.9 Å². The maximum Gasteiger partial charge on any atom is 0.240 e. The number of aromatic nitrogens is 1. The molecular formula is C19H20N2O4S. The number of pyridine rings is 1. The van der Waals surface area contributed by atoms with Crippen LogP contribution in [0.2, 0.25) is 0 Å². The van der Waals surface area contributed by atoms with Gasteiger partial charge in [-0.1, -0.05) is 6.07 Å². The fourth-order valence-corrected chi connectivity index (χ4v) is 3.47.